The first kappa shape index (κ1) is 26.8. The molecule has 2 atom stereocenters. The summed E-state index contributed by atoms with van der Waals surface area (Å²) in [5.41, 5.74) is 4.75. The highest BCUT2D eigenvalue weighted by molar-refractivity contribution is 5.69. The van der Waals surface area contributed by atoms with Gasteiger partial charge in [-0.2, -0.15) is 0 Å². The smallest absolute Gasteiger partial charge is 0.346 e. The summed E-state index contributed by atoms with van der Waals surface area (Å²) < 4.78 is 10.8. The summed E-state index contributed by atoms with van der Waals surface area (Å²) in [5.74, 6) is -0.571. The standard InChI is InChI=1S/C11H22O3.C4H5N3O.C3H6O2/c1-6-10(13-8(3)4)9(5)14-11(12)7-2;5-3-1-2-6-4(8)7-3;1-2-3(4)5/h8-10H,6-7H2,1-5H3;1-2H,(H3,5,6,7,8);2H2,1H3,(H,4,5)/t9-,10?;;/m0../s1. The first-order valence-corrected chi connectivity index (χ1v) is 8.94. The summed E-state index contributed by atoms with van der Waals surface area (Å²) >= 11 is 0. The van der Waals surface area contributed by atoms with Gasteiger partial charge >= 0.3 is 17.6 Å². The van der Waals surface area contributed by atoms with Gasteiger partial charge in [-0.15, -0.1) is 0 Å². The Kier molecular flexibility index (Phi) is 15.7. The Morgan fingerprint density at radius 1 is 1.22 bits per heavy atom. The van der Waals surface area contributed by atoms with Crippen molar-refractivity contribution in [3.63, 3.8) is 0 Å². The molecule has 0 aliphatic carbocycles. The van der Waals surface area contributed by atoms with Gasteiger partial charge in [-0.25, -0.2) is 9.78 Å². The number of aliphatic carboxylic acids is 1. The molecule has 4 N–H and O–H groups in total. The number of nitrogen functional groups attached to an aromatic ring is 1. The molecular formula is C18H33N3O6. The van der Waals surface area contributed by atoms with Crippen molar-refractivity contribution in [1.29, 1.82) is 0 Å². The summed E-state index contributed by atoms with van der Waals surface area (Å²) in [6.45, 7) is 11.3. The van der Waals surface area contributed by atoms with Crippen LogP contribution < -0.4 is 11.4 Å². The predicted octanol–water partition coefficient (Wildman–Crippen LogP) is 2.36. The lowest BCUT2D eigenvalue weighted by Crippen LogP contribution is -2.32. The Labute approximate surface area is 160 Å². The molecule has 0 fully saturated rings. The molecule has 9 nitrogen and oxygen atoms in total. The number of nitrogens with two attached hydrogens (primary N) is 1. The largest absolute Gasteiger partial charge is 0.481 e. The third-order valence-electron chi connectivity index (χ3n) is 2.98. The number of ether oxygens (including phenoxy) is 2. The van der Waals surface area contributed by atoms with E-state index in [2.05, 4.69) is 9.97 Å². The topological polar surface area (TPSA) is 145 Å². The number of esters is 1. The van der Waals surface area contributed by atoms with Crippen LogP contribution in [0, 0.1) is 0 Å². The minimum atomic E-state index is -0.745. The van der Waals surface area contributed by atoms with Gasteiger partial charge in [0.15, 0.2) is 0 Å². The van der Waals surface area contributed by atoms with Crippen LogP contribution in [0.4, 0.5) is 5.82 Å². The van der Waals surface area contributed by atoms with Crippen LogP contribution in [0.2, 0.25) is 0 Å². The molecule has 0 aliphatic rings. The van der Waals surface area contributed by atoms with Crippen molar-refractivity contribution in [2.45, 2.75) is 79.1 Å². The molecule has 0 aromatic carbocycles. The molecule has 27 heavy (non-hydrogen) atoms. The number of hydrogen-bond donors (Lipinski definition) is 3. The first-order valence-electron chi connectivity index (χ1n) is 8.94. The van der Waals surface area contributed by atoms with Gasteiger partial charge in [0, 0.05) is 19.0 Å². The third kappa shape index (κ3) is 16.8. The summed E-state index contributed by atoms with van der Waals surface area (Å²) in [7, 11) is 0. The highest BCUT2D eigenvalue weighted by Gasteiger charge is 2.20. The number of carbonyl (C=O) groups excluding carboxylic acids is 1. The zero-order chi connectivity index (χ0) is 21.4. The molecule has 1 heterocycles. The van der Waals surface area contributed by atoms with Gasteiger partial charge in [0.2, 0.25) is 0 Å². The van der Waals surface area contributed by atoms with Crippen LogP contribution in [0.3, 0.4) is 0 Å². The second-order valence-corrected chi connectivity index (χ2v) is 5.76. The van der Waals surface area contributed by atoms with Crippen LogP contribution in [0.15, 0.2) is 17.1 Å². The summed E-state index contributed by atoms with van der Waals surface area (Å²) in [4.78, 5) is 36.3. The van der Waals surface area contributed by atoms with Gasteiger partial charge in [-0.3, -0.25) is 14.6 Å². The maximum atomic E-state index is 11.1. The number of hydrogen-bond acceptors (Lipinski definition) is 7. The highest BCUT2D eigenvalue weighted by atomic mass is 16.6. The number of anilines is 1. The Morgan fingerprint density at radius 3 is 2.07 bits per heavy atom. The number of rotatable bonds is 7. The molecule has 9 heteroatoms. The fourth-order valence-electron chi connectivity index (χ4n) is 1.64. The summed E-state index contributed by atoms with van der Waals surface area (Å²) in [6.07, 6.45) is 2.87. The molecule has 0 bridgehead atoms. The highest BCUT2D eigenvalue weighted by Crippen LogP contribution is 2.11. The van der Waals surface area contributed by atoms with Gasteiger partial charge in [0.1, 0.15) is 11.9 Å². The molecule has 0 aliphatic heterocycles. The molecule has 1 rings (SSSR count). The van der Waals surface area contributed by atoms with Crippen LogP contribution in [-0.2, 0) is 19.1 Å². The molecule has 1 aromatic heterocycles. The van der Waals surface area contributed by atoms with Crippen molar-refractivity contribution in [3.8, 4) is 0 Å². The number of carboxylic acids is 1. The molecule has 0 saturated carbocycles. The van der Waals surface area contributed by atoms with Crippen molar-refractivity contribution in [3.05, 3.63) is 22.7 Å². The Morgan fingerprint density at radius 2 is 1.78 bits per heavy atom. The van der Waals surface area contributed by atoms with Crippen LogP contribution >= 0.6 is 0 Å². The maximum Gasteiger partial charge on any atom is 0.346 e. The molecule has 1 aromatic rings. The Bertz CT molecular complexity index is 588. The average Bonchev–Trinajstić information content (AvgIpc) is 2.60. The van der Waals surface area contributed by atoms with E-state index in [0.29, 0.717) is 12.2 Å². The number of carboxylic acid groups (broad SMARTS) is 1. The van der Waals surface area contributed by atoms with Crippen LogP contribution in [0.1, 0.15) is 60.8 Å². The lowest BCUT2D eigenvalue weighted by Gasteiger charge is -2.25. The summed E-state index contributed by atoms with van der Waals surface area (Å²) in [5, 5.41) is 7.72. The van der Waals surface area contributed by atoms with E-state index in [4.69, 9.17) is 20.3 Å². The third-order valence-corrected chi connectivity index (χ3v) is 2.98. The predicted molar refractivity (Wildman–Crippen MR) is 103 cm³/mol. The quantitative estimate of drug-likeness (QED) is 0.605. The van der Waals surface area contributed by atoms with Crippen molar-refractivity contribution in [1.82, 2.24) is 9.97 Å². The fourth-order valence-corrected chi connectivity index (χ4v) is 1.64. The monoisotopic (exact) mass is 387 g/mol. The van der Waals surface area contributed by atoms with Gasteiger partial charge in [-0.1, -0.05) is 20.8 Å². The average molecular weight is 387 g/mol. The molecule has 1 unspecified atom stereocenters. The number of aromatic amines is 1. The van der Waals surface area contributed by atoms with Crippen molar-refractivity contribution < 1.29 is 24.2 Å². The van der Waals surface area contributed by atoms with E-state index in [1.165, 1.54) is 12.3 Å². The lowest BCUT2D eigenvalue weighted by molar-refractivity contribution is -0.158. The van der Waals surface area contributed by atoms with E-state index in [1.54, 1.807) is 13.8 Å². The van der Waals surface area contributed by atoms with Crippen molar-refractivity contribution >= 4 is 17.8 Å². The maximum absolute atomic E-state index is 11.1. The first-order chi connectivity index (χ1) is 12.6. The molecule has 156 valence electrons. The van der Waals surface area contributed by atoms with Crippen molar-refractivity contribution in [2.75, 3.05) is 5.73 Å². The molecule has 0 spiro atoms. The lowest BCUT2D eigenvalue weighted by atomic mass is 10.1. The number of carbonyl (C=O) groups is 2. The molecule has 0 amide bonds. The van der Waals surface area contributed by atoms with E-state index in [1.807, 2.05) is 27.7 Å². The van der Waals surface area contributed by atoms with E-state index in [-0.39, 0.29) is 30.7 Å². The minimum absolute atomic E-state index is 0.00509. The SMILES string of the molecule is CCC(=O)O.CCC(=O)O[C@@H](C)C(CC)OC(C)C.Nc1ccnc(=O)[nH]1. The van der Waals surface area contributed by atoms with E-state index in [0.717, 1.165) is 6.42 Å². The number of nitrogens with one attached hydrogen (secondary N) is 1. The van der Waals surface area contributed by atoms with E-state index in [9.17, 15) is 14.4 Å². The second kappa shape index (κ2) is 15.8. The van der Waals surface area contributed by atoms with Gasteiger partial charge in [0.05, 0.1) is 12.2 Å². The van der Waals surface area contributed by atoms with Crippen LogP contribution in [0.25, 0.3) is 0 Å². The summed E-state index contributed by atoms with van der Waals surface area (Å²) in [6, 6.07) is 1.52. The van der Waals surface area contributed by atoms with Gasteiger partial charge < -0.3 is 20.3 Å². The second-order valence-electron chi connectivity index (χ2n) is 5.76. The van der Waals surface area contributed by atoms with Crippen molar-refractivity contribution in [2.24, 2.45) is 0 Å². The number of nitrogens with zero attached hydrogens (tertiary/aromatic N) is 1. The van der Waals surface area contributed by atoms with E-state index < -0.39 is 11.7 Å². The minimum Gasteiger partial charge on any atom is -0.481 e. The zero-order valence-electron chi connectivity index (χ0n) is 17.0. The molecule has 0 radical (unpaired) electrons. The van der Waals surface area contributed by atoms with Gasteiger partial charge in [-0.05, 0) is 33.3 Å². The Hall–Kier alpha value is -2.42. The molecule has 0 saturated heterocycles. The van der Waals surface area contributed by atoms with Gasteiger partial charge in [0.25, 0.3) is 0 Å². The molecular weight excluding hydrogens is 354 g/mol. The normalized spacial score (nSPS) is 12.0. The zero-order valence-corrected chi connectivity index (χ0v) is 17.0. The van der Waals surface area contributed by atoms with Crippen LogP contribution in [0.5, 0.6) is 0 Å². The number of H-pyrrole nitrogens is 1. The fraction of sp³-hybridized carbons (Fsp3) is 0.667. The number of aromatic nitrogens is 2. The van der Waals surface area contributed by atoms with E-state index >= 15 is 0 Å². The Balaban J connectivity index is 0. The van der Waals surface area contributed by atoms with Crippen LogP contribution in [-0.4, -0.2) is 45.3 Å².